The molecule has 0 aromatic heterocycles. The van der Waals surface area contributed by atoms with Gasteiger partial charge in [-0.3, -0.25) is 9.59 Å². The largest absolute Gasteiger partial charge is 0.445 e. The number of ether oxygens (including phenoxy) is 1. The molecule has 0 heterocycles. The Balaban J connectivity index is 2.71. The normalized spacial score (nSPS) is 12.9. The molecule has 0 spiro atoms. The van der Waals surface area contributed by atoms with Gasteiger partial charge in [-0.15, -0.1) is 0 Å². The summed E-state index contributed by atoms with van der Waals surface area (Å²) in [5.41, 5.74) is 0.870. The van der Waals surface area contributed by atoms with Crippen LogP contribution in [0.4, 0.5) is 4.79 Å². The number of Topliss-reactive ketones (excluding diaryl/α,β-unsaturated/α-hetero) is 1. The summed E-state index contributed by atoms with van der Waals surface area (Å²) in [7, 11) is 0. The molecule has 29 heavy (non-hydrogen) atoms. The molecule has 0 aliphatic heterocycles. The van der Waals surface area contributed by atoms with E-state index >= 15 is 0 Å². The smallest absolute Gasteiger partial charge is 0.408 e. The fourth-order valence-corrected chi connectivity index (χ4v) is 3.33. The fourth-order valence-electron chi connectivity index (χ4n) is 2.85. The van der Waals surface area contributed by atoms with Crippen LogP contribution >= 0.6 is 11.8 Å². The van der Waals surface area contributed by atoms with Gasteiger partial charge in [0.25, 0.3) is 0 Å². The summed E-state index contributed by atoms with van der Waals surface area (Å²) < 4.78 is 5.25. The molecule has 0 fully saturated rings. The van der Waals surface area contributed by atoms with Crippen LogP contribution in [0, 0.1) is 5.92 Å². The predicted octanol–water partition coefficient (Wildman–Crippen LogP) is 3.93. The summed E-state index contributed by atoms with van der Waals surface area (Å²) in [5.74, 6) is 0.215. The molecule has 6 nitrogen and oxygen atoms in total. The fraction of sp³-hybridized carbons (Fsp3) is 0.591. The van der Waals surface area contributed by atoms with Crippen molar-refractivity contribution in [2.24, 2.45) is 5.92 Å². The van der Waals surface area contributed by atoms with E-state index in [0.717, 1.165) is 18.4 Å². The van der Waals surface area contributed by atoms with Crippen molar-refractivity contribution in [3.05, 3.63) is 35.9 Å². The van der Waals surface area contributed by atoms with Gasteiger partial charge < -0.3 is 15.4 Å². The molecule has 0 bridgehead atoms. The molecule has 1 aromatic rings. The molecule has 162 valence electrons. The van der Waals surface area contributed by atoms with Crippen LogP contribution in [0.3, 0.4) is 0 Å². The number of amides is 2. The zero-order valence-corrected chi connectivity index (χ0v) is 18.7. The van der Waals surface area contributed by atoms with E-state index in [1.54, 1.807) is 0 Å². The van der Waals surface area contributed by atoms with E-state index in [1.165, 1.54) is 11.8 Å². The third-order valence-electron chi connectivity index (χ3n) is 4.37. The van der Waals surface area contributed by atoms with Gasteiger partial charge in [0.05, 0.1) is 11.8 Å². The van der Waals surface area contributed by atoms with Crippen molar-refractivity contribution in [1.29, 1.82) is 0 Å². The van der Waals surface area contributed by atoms with Crippen LogP contribution in [0.25, 0.3) is 0 Å². The highest BCUT2D eigenvalue weighted by Crippen LogP contribution is 2.10. The Morgan fingerprint density at radius 3 is 2.34 bits per heavy atom. The quantitative estimate of drug-likeness (QED) is 0.503. The minimum atomic E-state index is -0.746. The van der Waals surface area contributed by atoms with Crippen LogP contribution in [0.5, 0.6) is 0 Å². The van der Waals surface area contributed by atoms with Gasteiger partial charge in [0.1, 0.15) is 12.6 Å². The molecular formula is C22H34N2O4S. The zero-order valence-electron chi connectivity index (χ0n) is 17.9. The van der Waals surface area contributed by atoms with Crippen molar-refractivity contribution in [1.82, 2.24) is 10.6 Å². The van der Waals surface area contributed by atoms with Gasteiger partial charge in [0, 0.05) is 0 Å². The first-order chi connectivity index (χ1) is 13.9. The van der Waals surface area contributed by atoms with Crippen molar-refractivity contribution >= 4 is 29.5 Å². The summed E-state index contributed by atoms with van der Waals surface area (Å²) in [6.07, 6.45) is 4.08. The van der Waals surface area contributed by atoms with Crippen molar-refractivity contribution in [2.45, 2.75) is 65.1 Å². The topological polar surface area (TPSA) is 84.5 Å². The first-order valence-electron chi connectivity index (χ1n) is 10.2. The van der Waals surface area contributed by atoms with Crippen molar-refractivity contribution in [2.75, 3.05) is 12.0 Å². The molecule has 2 atom stereocenters. The minimum absolute atomic E-state index is 0.00857. The number of carbonyl (C=O) groups excluding carboxylic acids is 3. The van der Waals surface area contributed by atoms with Gasteiger partial charge in [0.2, 0.25) is 5.91 Å². The minimum Gasteiger partial charge on any atom is -0.445 e. The Hall–Kier alpha value is -2.02. The number of benzene rings is 1. The van der Waals surface area contributed by atoms with Crippen LogP contribution in [0.15, 0.2) is 30.3 Å². The Kier molecular flexibility index (Phi) is 12.1. The standard InChI is InChI=1S/C22H34N2O4S/c1-5-6-12-18(20(25)15-29-4)23-21(26)19(13-16(2)3)24-22(27)28-14-17-10-8-7-9-11-17/h7-11,16,18-19H,5-6,12-15H2,1-4H3,(H,23,26)(H,24,27)/t18-,19-/m0/s1. The lowest BCUT2D eigenvalue weighted by molar-refractivity contribution is -0.128. The van der Waals surface area contributed by atoms with E-state index in [4.69, 9.17) is 4.74 Å². The van der Waals surface area contributed by atoms with Crippen LogP contribution < -0.4 is 10.6 Å². The highest BCUT2D eigenvalue weighted by Gasteiger charge is 2.27. The molecule has 0 radical (unpaired) electrons. The highest BCUT2D eigenvalue weighted by atomic mass is 32.2. The van der Waals surface area contributed by atoms with Gasteiger partial charge in [-0.1, -0.05) is 63.9 Å². The monoisotopic (exact) mass is 422 g/mol. The average molecular weight is 423 g/mol. The Morgan fingerprint density at radius 1 is 1.07 bits per heavy atom. The SMILES string of the molecule is CCCC[C@H](NC(=O)[C@H](CC(C)C)NC(=O)OCc1ccccc1)C(=O)CSC. The second kappa shape index (κ2) is 14.0. The molecule has 2 amide bonds. The summed E-state index contributed by atoms with van der Waals surface area (Å²) in [4.78, 5) is 37.4. The summed E-state index contributed by atoms with van der Waals surface area (Å²) >= 11 is 1.44. The Morgan fingerprint density at radius 2 is 1.76 bits per heavy atom. The molecular weight excluding hydrogens is 388 g/mol. The third-order valence-corrected chi connectivity index (χ3v) is 4.94. The number of hydrogen-bond acceptors (Lipinski definition) is 5. The average Bonchev–Trinajstić information content (AvgIpc) is 2.69. The van der Waals surface area contributed by atoms with E-state index < -0.39 is 18.2 Å². The molecule has 0 unspecified atom stereocenters. The number of alkyl carbamates (subject to hydrolysis) is 1. The Bertz CT molecular complexity index is 637. The predicted molar refractivity (Wildman–Crippen MR) is 118 cm³/mol. The second-order valence-corrected chi connectivity index (χ2v) is 8.36. The van der Waals surface area contributed by atoms with Crippen LogP contribution in [0.1, 0.15) is 52.0 Å². The maximum absolute atomic E-state index is 12.8. The van der Waals surface area contributed by atoms with E-state index in [1.807, 2.05) is 57.4 Å². The Labute approximate surface area is 178 Å². The molecule has 2 N–H and O–H groups in total. The molecule has 1 rings (SSSR count). The lowest BCUT2D eigenvalue weighted by Gasteiger charge is -2.23. The van der Waals surface area contributed by atoms with Gasteiger partial charge >= 0.3 is 6.09 Å². The zero-order chi connectivity index (χ0) is 21.6. The van der Waals surface area contributed by atoms with Crippen molar-refractivity contribution < 1.29 is 19.1 Å². The summed E-state index contributed by atoms with van der Waals surface area (Å²) in [5, 5.41) is 5.51. The molecule has 1 aromatic carbocycles. The molecule has 0 aliphatic carbocycles. The number of thioether (sulfide) groups is 1. The van der Waals surface area contributed by atoms with Gasteiger partial charge in [-0.25, -0.2) is 4.79 Å². The van der Waals surface area contributed by atoms with E-state index in [2.05, 4.69) is 10.6 Å². The number of rotatable bonds is 13. The number of hydrogen-bond donors (Lipinski definition) is 2. The number of unbranched alkanes of at least 4 members (excludes halogenated alkanes) is 1. The van der Waals surface area contributed by atoms with E-state index in [0.29, 0.717) is 18.6 Å². The van der Waals surface area contributed by atoms with Crippen molar-refractivity contribution in [3.63, 3.8) is 0 Å². The number of carbonyl (C=O) groups is 3. The van der Waals surface area contributed by atoms with Gasteiger partial charge in [-0.2, -0.15) is 11.8 Å². The number of ketones is 1. The van der Waals surface area contributed by atoms with E-state index in [9.17, 15) is 14.4 Å². The van der Waals surface area contributed by atoms with Crippen LogP contribution in [-0.2, 0) is 20.9 Å². The highest BCUT2D eigenvalue weighted by molar-refractivity contribution is 7.99. The lowest BCUT2D eigenvalue weighted by Crippen LogP contribution is -2.52. The van der Waals surface area contributed by atoms with E-state index in [-0.39, 0.29) is 24.2 Å². The molecule has 7 heteroatoms. The maximum Gasteiger partial charge on any atom is 0.408 e. The number of nitrogens with one attached hydrogen (secondary N) is 2. The summed E-state index contributed by atoms with van der Waals surface area (Å²) in [6.45, 7) is 6.13. The maximum atomic E-state index is 12.8. The van der Waals surface area contributed by atoms with Gasteiger partial charge in [0.15, 0.2) is 5.78 Å². The molecule has 0 saturated carbocycles. The van der Waals surface area contributed by atoms with Crippen LogP contribution in [0.2, 0.25) is 0 Å². The first kappa shape index (κ1) is 25.0. The third kappa shape index (κ3) is 10.4. The molecule has 0 aliphatic rings. The lowest BCUT2D eigenvalue weighted by atomic mass is 10.0. The molecule has 0 saturated heterocycles. The second-order valence-electron chi connectivity index (χ2n) is 7.49. The van der Waals surface area contributed by atoms with Crippen LogP contribution in [-0.4, -0.2) is 41.9 Å². The summed E-state index contributed by atoms with van der Waals surface area (Å²) in [6, 6.07) is 8.08. The first-order valence-corrected chi connectivity index (χ1v) is 11.6. The van der Waals surface area contributed by atoms with Crippen molar-refractivity contribution in [3.8, 4) is 0 Å². The van der Waals surface area contributed by atoms with Gasteiger partial charge in [-0.05, 0) is 30.6 Å².